The molecule has 1 rings (SSSR count). The highest BCUT2D eigenvalue weighted by Gasteiger charge is 2.41. The second kappa shape index (κ2) is 4.60. The van der Waals surface area contributed by atoms with E-state index in [2.05, 4.69) is 54.5 Å². The van der Waals surface area contributed by atoms with Gasteiger partial charge in [-0.1, -0.05) is 60.6 Å². The molecule has 1 atom stereocenters. The molecule has 0 saturated heterocycles. The first-order valence-electron chi connectivity index (χ1n) is 6.75. The molecule has 1 heteroatoms. The summed E-state index contributed by atoms with van der Waals surface area (Å²) in [5, 5.41) is 9.74. The van der Waals surface area contributed by atoms with Gasteiger partial charge < -0.3 is 5.11 Å². The van der Waals surface area contributed by atoms with Gasteiger partial charge in [-0.15, -0.1) is 0 Å². The minimum atomic E-state index is 0.0456. The molecule has 0 fully saturated rings. The van der Waals surface area contributed by atoms with E-state index in [9.17, 15) is 5.11 Å². The van der Waals surface area contributed by atoms with E-state index in [0.717, 1.165) is 6.42 Å². The van der Waals surface area contributed by atoms with Crippen LogP contribution in [-0.2, 0) is 5.41 Å². The lowest BCUT2D eigenvalue weighted by molar-refractivity contribution is 0.134. The first-order valence-corrected chi connectivity index (χ1v) is 6.75. The van der Waals surface area contributed by atoms with E-state index in [4.69, 9.17) is 0 Å². The lowest BCUT2D eigenvalue weighted by Crippen LogP contribution is -2.40. The van der Waals surface area contributed by atoms with Gasteiger partial charge in [0, 0.05) is 0 Å². The summed E-state index contributed by atoms with van der Waals surface area (Å²) in [5.74, 6) is 0.358. The lowest BCUT2D eigenvalue weighted by atomic mass is 9.58. The number of phenols is 1. The fraction of sp³-hybridized carbons (Fsp3) is 0.647. The van der Waals surface area contributed by atoms with Crippen LogP contribution >= 0.6 is 0 Å². The standard InChI is InChI=1S/C17H28O/c1-15(2,3)12-17(7,16(4,5)6)13-9-8-10-14(18)11-13/h8-11,18H,12H2,1-7H3. The average Bonchev–Trinajstić information content (AvgIpc) is 2.13. The topological polar surface area (TPSA) is 20.2 Å². The van der Waals surface area contributed by atoms with E-state index in [0.29, 0.717) is 5.75 Å². The van der Waals surface area contributed by atoms with E-state index in [1.54, 1.807) is 6.07 Å². The average molecular weight is 248 g/mol. The molecule has 1 aromatic carbocycles. The predicted octanol–water partition coefficient (Wildman–Crippen LogP) is 5.13. The molecule has 0 bridgehead atoms. The van der Waals surface area contributed by atoms with Crippen LogP contribution in [0.4, 0.5) is 0 Å². The van der Waals surface area contributed by atoms with Crippen molar-refractivity contribution in [2.75, 3.05) is 0 Å². The Morgan fingerprint density at radius 1 is 0.944 bits per heavy atom. The van der Waals surface area contributed by atoms with Crippen LogP contribution in [0.5, 0.6) is 5.75 Å². The molecule has 1 N–H and O–H groups in total. The molecule has 1 unspecified atom stereocenters. The van der Waals surface area contributed by atoms with Crippen LogP contribution in [0, 0.1) is 10.8 Å². The molecule has 1 aromatic rings. The largest absolute Gasteiger partial charge is 0.508 e. The van der Waals surface area contributed by atoms with Gasteiger partial charge in [0.05, 0.1) is 0 Å². The van der Waals surface area contributed by atoms with Gasteiger partial charge in [-0.25, -0.2) is 0 Å². The normalized spacial score (nSPS) is 16.4. The van der Waals surface area contributed by atoms with Gasteiger partial charge in [0.2, 0.25) is 0 Å². The monoisotopic (exact) mass is 248 g/mol. The van der Waals surface area contributed by atoms with E-state index < -0.39 is 0 Å². The second-order valence-electron chi connectivity index (χ2n) is 7.87. The number of hydrogen-bond donors (Lipinski definition) is 1. The van der Waals surface area contributed by atoms with E-state index in [1.165, 1.54) is 5.56 Å². The van der Waals surface area contributed by atoms with Crippen molar-refractivity contribution in [3.05, 3.63) is 29.8 Å². The van der Waals surface area contributed by atoms with Gasteiger partial charge in [-0.05, 0) is 40.4 Å². The van der Waals surface area contributed by atoms with Crippen molar-refractivity contribution in [2.24, 2.45) is 10.8 Å². The summed E-state index contributed by atoms with van der Waals surface area (Å²) in [6, 6.07) is 7.73. The molecule has 0 heterocycles. The van der Waals surface area contributed by atoms with Gasteiger partial charge in [0.15, 0.2) is 0 Å². The zero-order chi connectivity index (χ0) is 14.2. The summed E-state index contributed by atoms with van der Waals surface area (Å²) in [6.07, 6.45) is 1.09. The number of aromatic hydroxyl groups is 1. The minimum absolute atomic E-state index is 0.0456. The SMILES string of the molecule is CC(C)(C)CC(C)(c1cccc(O)c1)C(C)(C)C. The Hall–Kier alpha value is -0.980. The quantitative estimate of drug-likeness (QED) is 0.769. The third-order valence-corrected chi connectivity index (χ3v) is 4.02. The Labute approximate surface area is 112 Å². The maximum absolute atomic E-state index is 9.74. The van der Waals surface area contributed by atoms with Crippen LogP contribution in [-0.4, -0.2) is 5.11 Å². The Morgan fingerprint density at radius 2 is 1.50 bits per heavy atom. The second-order valence-corrected chi connectivity index (χ2v) is 7.87. The predicted molar refractivity (Wildman–Crippen MR) is 79.0 cm³/mol. The molecule has 0 aromatic heterocycles. The third kappa shape index (κ3) is 3.28. The minimum Gasteiger partial charge on any atom is -0.508 e. The summed E-state index contributed by atoms with van der Waals surface area (Å²) in [6.45, 7) is 16.0. The number of benzene rings is 1. The van der Waals surface area contributed by atoms with E-state index in [-0.39, 0.29) is 16.2 Å². The number of hydrogen-bond acceptors (Lipinski definition) is 1. The van der Waals surface area contributed by atoms with Crippen LogP contribution in [0.2, 0.25) is 0 Å². The maximum atomic E-state index is 9.74. The molecule has 0 aliphatic carbocycles. The number of rotatable bonds is 2. The first kappa shape index (κ1) is 15.1. The summed E-state index contributed by atoms with van der Waals surface area (Å²) in [4.78, 5) is 0. The molecule has 0 aliphatic rings. The van der Waals surface area contributed by atoms with Crippen LogP contribution in [0.1, 0.15) is 60.5 Å². The molecule has 1 nitrogen and oxygen atoms in total. The van der Waals surface area contributed by atoms with Crippen molar-refractivity contribution in [3.8, 4) is 5.75 Å². The number of phenolic OH excluding ortho intramolecular Hbond substituents is 1. The summed E-state index contributed by atoms with van der Waals surface area (Å²) in [5.41, 5.74) is 1.68. The Balaban J connectivity index is 3.30. The van der Waals surface area contributed by atoms with E-state index in [1.807, 2.05) is 12.1 Å². The Bertz CT molecular complexity index is 406. The van der Waals surface area contributed by atoms with Crippen molar-refractivity contribution in [2.45, 2.75) is 60.3 Å². The first-order chi connectivity index (χ1) is 7.96. The van der Waals surface area contributed by atoms with E-state index >= 15 is 0 Å². The van der Waals surface area contributed by atoms with Crippen molar-refractivity contribution in [3.63, 3.8) is 0 Å². The molecule has 0 saturated carbocycles. The molecule has 102 valence electrons. The van der Waals surface area contributed by atoms with Crippen LogP contribution in [0.3, 0.4) is 0 Å². The molecular weight excluding hydrogens is 220 g/mol. The summed E-state index contributed by atoms with van der Waals surface area (Å²) in [7, 11) is 0. The van der Waals surface area contributed by atoms with Gasteiger partial charge >= 0.3 is 0 Å². The molecular formula is C17H28O. The molecule has 0 spiro atoms. The zero-order valence-electron chi connectivity index (χ0n) is 13.0. The van der Waals surface area contributed by atoms with Crippen LogP contribution in [0.25, 0.3) is 0 Å². The third-order valence-electron chi connectivity index (χ3n) is 4.02. The zero-order valence-corrected chi connectivity index (χ0v) is 13.0. The highest BCUT2D eigenvalue weighted by molar-refractivity contribution is 5.34. The van der Waals surface area contributed by atoms with Gasteiger partial charge in [-0.3, -0.25) is 0 Å². The van der Waals surface area contributed by atoms with Crippen molar-refractivity contribution >= 4 is 0 Å². The van der Waals surface area contributed by atoms with Crippen molar-refractivity contribution < 1.29 is 5.11 Å². The molecule has 0 aliphatic heterocycles. The maximum Gasteiger partial charge on any atom is 0.115 e. The van der Waals surface area contributed by atoms with Gasteiger partial charge in [0.1, 0.15) is 5.75 Å². The lowest BCUT2D eigenvalue weighted by Gasteiger charge is -2.46. The summed E-state index contributed by atoms with van der Waals surface area (Å²) >= 11 is 0. The van der Waals surface area contributed by atoms with Crippen LogP contribution in [0.15, 0.2) is 24.3 Å². The molecule has 0 amide bonds. The Morgan fingerprint density at radius 3 is 1.89 bits per heavy atom. The van der Waals surface area contributed by atoms with Crippen molar-refractivity contribution in [1.82, 2.24) is 0 Å². The van der Waals surface area contributed by atoms with Gasteiger partial charge in [-0.2, -0.15) is 0 Å². The van der Waals surface area contributed by atoms with Crippen molar-refractivity contribution in [1.29, 1.82) is 0 Å². The molecule has 0 radical (unpaired) electrons. The highest BCUT2D eigenvalue weighted by Crippen LogP contribution is 2.48. The van der Waals surface area contributed by atoms with Gasteiger partial charge in [0.25, 0.3) is 0 Å². The Kier molecular flexibility index (Phi) is 3.86. The fourth-order valence-electron chi connectivity index (χ4n) is 2.71. The highest BCUT2D eigenvalue weighted by atomic mass is 16.3. The van der Waals surface area contributed by atoms with Crippen LogP contribution < -0.4 is 0 Å². The summed E-state index contributed by atoms with van der Waals surface area (Å²) < 4.78 is 0. The smallest absolute Gasteiger partial charge is 0.115 e. The fourth-order valence-corrected chi connectivity index (χ4v) is 2.71. The molecule has 18 heavy (non-hydrogen) atoms.